The maximum atomic E-state index is 4.00. The number of unbranched alkanes of at least 4 members (excludes halogenated alkanes) is 2. The second-order valence-corrected chi connectivity index (χ2v) is 2.81. The molecule has 0 spiro atoms. The van der Waals surface area contributed by atoms with Crippen LogP contribution in [0.3, 0.4) is 0 Å². The average molecular weight is 139 g/mol. The van der Waals surface area contributed by atoms with Crippen molar-refractivity contribution in [2.45, 2.75) is 45.4 Å². The van der Waals surface area contributed by atoms with Gasteiger partial charge in [0.2, 0.25) is 0 Å². The summed E-state index contributed by atoms with van der Waals surface area (Å²) in [7, 11) is 0. The molecule has 0 unspecified atom stereocenters. The first kappa shape index (κ1) is 9.74. The molecule has 0 aromatic carbocycles. The van der Waals surface area contributed by atoms with Gasteiger partial charge in [0.15, 0.2) is 0 Å². The summed E-state index contributed by atoms with van der Waals surface area (Å²) >= 11 is 0. The summed E-state index contributed by atoms with van der Waals surface area (Å²) in [6.45, 7) is 10.00. The van der Waals surface area contributed by atoms with Gasteiger partial charge in [-0.25, -0.2) is 0 Å². The van der Waals surface area contributed by atoms with E-state index in [1.54, 1.807) is 0 Å². The Morgan fingerprint density at radius 2 is 1.90 bits per heavy atom. The normalized spacial score (nSPS) is 9.80. The summed E-state index contributed by atoms with van der Waals surface area (Å²) in [4.78, 5) is 0. The van der Waals surface area contributed by atoms with Gasteiger partial charge in [-0.2, -0.15) is 0 Å². The Labute approximate surface area is 65.3 Å². The lowest BCUT2D eigenvalue weighted by Gasteiger charge is -2.01. The van der Waals surface area contributed by atoms with Crippen molar-refractivity contribution in [2.75, 3.05) is 0 Å². The highest BCUT2D eigenvalue weighted by Gasteiger charge is 1.91. The van der Waals surface area contributed by atoms with Gasteiger partial charge >= 0.3 is 0 Å². The fourth-order valence-corrected chi connectivity index (χ4v) is 1.03. The van der Waals surface area contributed by atoms with Crippen LogP contribution in [-0.4, -0.2) is 0 Å². The Morgan fingerprint density at radius 3 is 2.40 bits per heavy atom. The lowest BCUT2D eigenvalue weighted by molar-refractivity contribution is 0.714. The second-order valence-electron chi connectivity index (χ2n) is 2.81. The molecule has 0 amide bonds. The lowest BCUT2D eigenvalue weighted by atomic mass is 10.1. The van der Waals surface area contributed by atoms with E-state index >= 15 is 0 Å². The third-order valence-electron chi connectivity index (χ3n) is 1.63. The SMILES string of the molecule is [CH2]CCCCC(=C)CCC. The minimum Gasteiger partial charge on any atom is -0.0999 e. The van der Waals surface area contributed by atoms with Crippen molar-refractivity contribution >= 4 is 0 Å². The van der Waals surface area contributed by atoms with E-state index in [1.165, 1.54) is 37.7 Å². The molecule has 0 atom stereocenters. The minimum atomic E-state index is 1.07. The number of hydrogen-bond donors (Lipinski definition) is 0. The van der Waals surface area contributed by atoms with E-state index in [0.717, 1.165) is 6.42 Å². The quantitative estimate of drug-likeness (QED) is 0.388. The highest BCUT2D eigenvalue weighted by molar-refractivity contribution is 4.92. The molecule has 0 nitrogen and oxygen atoms in total. The summed E-state index contributed by atoms with van der Waals surface area (Å²) in [5.41, 5.74) is 1.41. The average Bonchev–Trinajstić information content (AvgIpc) is 1.89. The largest absolute Gasteiger partial charge is 0.0999 e. The number of allylic oxidation sites excluding steroid dienone is 1. The Hall–Kier alpha value is -0.260. The predicted octanol–water partition coefficient (Wildman–Crippen LogP) is 3.74. The molecular weight excluding hydrogens is 120 g/mol. The maximum Gasteiger partial charge on any atom is -0.0323 e. The van der Waals surface area contributed by atoms with Gasteiger partial charge in [-0.15, -0.1) is 0 Å². The molecule has 0 heteroatoms. The Kier molecular flexibility index (Phi) is 6.68. The van der Waals surface area contributed by atoms with Crippen molar-refractivity contribution in [3.8, 4) is 0 Å². The molecule has 0 aliphatic heterocycles. The third kappa shape index (κ3) is 5.87. The monoisotopic (exact) mass is 139 g/mol. The smallest absolute Gasteiger partial charge is 0.0323 e. The van der Waals surface area contributed by atoms with E-state index in [4.69, 9.17) is 0 Å². The fourth-order valence-electron chi connectivity index (χ4n) is 1.03. The molecule has 0 aromatic heterocycles. The van der Waals surface area contributed by atoms with E-state index < -0.39 is 0 Å². The summed E-state index contributed by atoms with van der Waals surface area (Å²) in [6, 6.07) is 0. The summed E-state index contributed by atoms with van der Waals surface area (Å²) in [6.07, 6.45) is 7.26. The van der Waals surface area contributed by atoms with E-state index in [1.807, 2.05) is 0 Å². The van der Waals surface area contributed by atoms with Crippen molar-refractivity contribution < 1.29 is 0 Å². The lowest BCUT2D eigenvalue weighted by Crippen LogP contribution is -1.81. The van der Waals surface area contributed by atoms with Crippen LogP contribution in [0, 0.1) is 6.92 Å². The van der Waals surface area contributed by atoms with Gasteiger partial charge in [0, 0.05) is 0 Å². The van der Waals surface area contributed by atoms with Crippen LogP contribution in [0.2, 0.25) is 0 Å². The van der Waals surface area contributed by atoms with Crippen LogP contribution in [0.25, 0.3) is 0 Å². The molecule has 1 radical (unpaired) electrons. The zero-order chi connectivity index (χ0) is 7.82. The molecule has 59 valence electrons. The summed E-state index contributed by atoms with van der Waals surface area (Å²) in [5.74, 6) is 0. The molecule has 0 aromatic rings. The molecule has 0 saturated heterocycles. The number of hydrogen-bond acceptors (Lipinski definition) is 0. The van der Waals surface area contributed by atoms with Crippen molar-refractivity contribution in [2.24, 2.45) is 0 Å². The molecule has 0 rings (SSSR count). The topological polar surface area (TPSA) is 0 Å². The van der Waals surface area contributed by atoms with Crippen LogP contribution >= 0.6 is 0 Å². The number of rotatable bonds is 6. The standard InChI is InChI=1S/C10H19/c1-4-6-7-9-10(3)8-5-2/h1,3-9H2,2H3. The van der Waals surface area contributed by atoms with Gasteiger partial charge in [0.25, 0.3) is 0 Å². The van der Waals surface area contributed by atoms with Gasteiger partial charge in [0.05, 0.1) is 0 Å². The molecule has 0 aliphatic carbocycles. The van der Waals surface area contributed by atoms with Crippen LogP contribution in [0.4, 0.5) is 0 Å². The van der Waals surface area contributed by atoms with Crippen LogP contribution < -0.4 is 0 Å². The predicted molar refractivity (Wildman–Crippen MR) is 47.9 cm³/mol. The van der Waals surface area contributed by atoms with E-state index in [0.29, 0.717) is 0 Å². The fraction of sp³-hybridized carbons (Fsp3) is 0.700. The van der Waals surface area contributed by atoms with Gasteiger partial charge in [-0.3, -0.25) is 0 Å². The van der Waals surface area contributed by atoms with Crippen molar-refractivity contribution in [1.82, 2.24) is 0 Å². The second kappa shape index (κ2) is 6.85. The molecule has 0 N–H and O–H groups in total. The molecule has 0 bridgehead atoms. The van der Waals surface area contributed by atoms with E-state index in [9.17, 15) is 0 Å². The highest BCUT2D eigenvalue weighted by Crippen LogP contribution is 2.11. The van der Waals surface area contributed by atoms with Crippen LogP contribution in [-0.2, 0) is 0 Å². The minimum absolute atomic E-state index is 1.07. The molecule has 10 heavy (non-hydrogen) atoms. The van der Waals surface area contributed by atoms with Crippen molar-refractivity contribution in [3.05, 3.63) is 19.1 Å². The Balaban J connectivity index is 3.05. The van der Waals surface area contributed by atoms with Gasteiger partial charge in [0.1, 0.15) is 0 Å². The van der Waals surface area contributed by atoms with E-state index in [-0.39, 0.29) is 0 Å². The maximum absolute atomic E-state index is 4.00. The first-order valence-corrected chi connectivity index (χ1v) is 4.27. The Bertz CT molecular complexity index is 82.0. The first-order valence-electron chi connectivity index (χ1n) is 4.27. The van der Waals surface area contributed by atoms with Crippen molar-refractivity contribution in [3.63, 3.8) is 0 Å². The molecule has 0 heterocycles. The van der Waals surface area contributed by atoms with Gasteiger partial charge in [-0.05, 0) is 19.3 Å². The highest BCUT2D eigenvalue weighted by atomic mass is 14.0. The molecular formula is C10H19. The van der Waals surface area contributed by atoms with Crippen LogP contribution in [0.15, 0.2) is 12.2 Å². The van der Waals surface area contributed by atoms with Crippen molar-refractivity contribution in [1.29, 1.82) is 0 Å². The molecule has 0 fully saturated rings. The zero-order valence-electron chi connectivity index (χ0n) is 7.16. The van der Waals surface area contributed by atoms with E-state index in [2.05, 4.69) is 20.4 Å². The van der Waals surface area contributed by atoms with Gasteiger partial charge in [-0.1, -0.05) is 45.3 Å². The first-order chi connectivity index (χ1) is 4.81. The molecule has 0 saturated carbocycles. The summed E-state index contributed by atoms with van der Waals surface area (Å²) in [5, 5.41) is 0. The zero-order valence-corrected chi connectivity index (χ0v) is 7.16. The Morgan fingerprint density at radius 1 is 1.20 bits per heavy atom. The van der Waals surface area contributed by atoms with Crippen LogP contribution in [0.5, 0.6) is 0 Å². The van der Waals surface area contributed by atoms with Crippen LogP contribution in [0.1, 0.15) is 45.4 Å². The molecule has 0 aliphatic rings. The summed E-state index contributed by atoms with van der Waals surface area (Å²) < 4.78 is 0. The third-order valence-corrected chi connectivity index (χ3v) is 1.63. The van der Waals surface area contributed by atoms with Gasteiger partial charge < -0.3 is 0 Å².